The van der Waals surface area contributed by atoms with Crippen molar-refractivity contribution in [1.82, 2.24) is 25.4 Å². The summed E-state index contributed by atoms with van der Waals surface area (Å²) in [6, 6.07) is 0.300. The third kappa shape index (κ3) is 4.88. The molecule has 1 aliphatic carbocycles. The van der Waals surface area contributed by atoms with Crippen LogP contribution in [0.2, 0.25) is 0 Å². The molecule has 0 saturated heterocycles. The Morgan fingerprint density at radius 1 is 1.38 bits per heavy atom. The van der Waals surface area contributed by atoms with Gasteiger partial charge in [0, 0.05) is 37.9 Å². The van der Waals surface area contributed by atoms with Crippen molar-refractivity contribution in [3.63, 3.8) is 0 Å². The van der Waals surface area contributed by atoms with Crippen molar-refractivity contribution in [3.05, 3.63) is 11.6 Å². The summed E-state index contributed by atoms with van der Waals surface area (Å²) in [5.41, 5.74) is -0.0719. The van der Waals surface area contributed by atoms with Crippen LogP contribution in [-0.4, -0.2) is 51.6 Å². The number of fused-ring (bicyclic) bond motifs is 1. The van der Waals surface area contributed by atoms with Crippen molar-refractivity contribution in [2.45, 2.75) is 77.5 Å². The Bertz CT molecular complexity index is 619. The van der Waals surface area contributed by atoms with Gasteiger partial charge in [0.15, 0.2) is 11.8 Å². The molecule has 0 radical (unpaired) electrons. The van der Waals surface area contributed by atoms with E-state index in [1.165, 1.54) is 6.42 Å². The van der Waals surface area contributed by atoms with Crippen LogP contribution in [0, 0.1) is 5.41 Å². The first-order chi connectivity index (χ1) is 12.0. The van der Waals surface area contributed by atoms with Crippen LogP contribution in [0.1, 0.15) is 57.6 Å². The average molecular weight is 476 g/mol. The van der Waals surface area contributed by atoms with Gasteiger partial charge in [0.2, 0.25) is 0 Å². The average Bonchev–Trinajstić information content (AvgIpc) is 3.03. The minimum Gasteiger partial charge on any atom is -0.392 e. The number of aliphatic hydroxyl groups excluding tert-OH is 1. The van der Waals surface area contributed by atoms with E-state index in [-0.39, 0.29) is 35.5 Å². The van der Waals surface area contributed by atoms with Crippen molar-refractivity contribution in [3.8, 4) is 0 Å². The fraction of sp³-hybridized carbons (Fsp3) is 0.833. The molecule has 1 aromatic rings. The van der Waals surface area contributed by atoms with Crippen LogP contribution in [-0.2, 0) is 19.4 Å². The first-order valence-corrected chi connectivity index (χ1v) is 9.62. The molecule has 2 heterocycles. The molecule has 2 aliphatic rings. The number of aliphatic imine (C=N–C) groups is 1. The summed E-state index contributed by atoms with van der Waals surface area (Å²) in [7, 11) is 1.80. The van der Waals surface area contributed by atoms with Gasteiger partial charge in [-0.1, -0.05) is 26.7 Å². The SMILES string of the molecule is CCc1nc2n(n1)CC(NC(=NC)NCC1(C)CCCCC1O)CC2.I. The largest absolute Gasteiger partial charge is 0.392 e. The van der Waals surface area contributed by atoms with E-state index in [4.69, 9.17) is 0 Å². The number of aliphatic hydroxyl groups is 1. The maximum atomic E-state index is 10.4. The van der Waals surface area contributed by atoms with Gasteiger partial charge in [0.25, 0.3) is 0 Å². The normalized spacial score (nSPS) is 28.8. The van der Waals surface area contributed by atoms with Gasteiger partial charge >= 0.3 is 0 Å². The summed E-state index contributed by atoms with van der Waals surface area (Å²) in [5.74, 6) is 2.83. The highest BCUT2D eigenvalue weighted by molar-refractivity contribution is 14.0. The molecule has 7 nitrogen and oxygen atoms in total. The molecule has 148 valence electrons. The Morgan fingerprint density at radius 3 is 2.88 bits per heavy atom. The van der Waals surface area contributed by atoms with Crippen LogP contribution < -0.4 is 10.6 Å². The van der Waals surface area contributed by atoms with Crippen molar-refractivity contribution >= 4 is 29.9 Å². The van der Waals surface area contributed by atoms with Crippen molar-refractivity contribution in [2.24, 2.45) is 10.4 Å². The van der Waals surface area contributed by atoms with E-state index >= 15 is 0 Å². The first-order valence-electron chi connectivity index (χ1n) is 9.62. The maximum Gasteiger partial charge on any atom is 0.191 e. The third-order valence-electron chi connectivity index (χ3n) is 5.72. The lowest BCUT2D eigenvalue weighted by Gasteiger charge is -2.39. The number of hydrogen-bond donors (Lipinski definition) is 3. The maximum absolute atomic E-state index is 10.4. The van der Waals surface area contributed by atoms with E-state index in [0.29, 0.717) is 6.04 Å². The number of nitrogens with zero attached hydrogens (tertiary/aromatic N) is 4. The molecule has 8 heteroatoms. The molecule has 3 N–H and O–H groups in total. The van der Waals surface area contributed by atoms with Crippen molar-refractivity contribution in [2.75, 3.05) is 13.6 Å². The molecule has 0 aromatic carbocycles. The van der Waals surface area contributed by atoms with E-state index in [9.17, 15) is 5.11 Å². The van der Waals surface area contributed by atoms with Gasteiger partial charge in [-0.25, -0.2) is 9.67 Å². The molecular formula is C18H33IN6O. The van der Waals surface area contributed by atoms with E-state index in [2.05, 4.69) is 39.6 Å². The van der Waals surface area contributed by atoms with Crippen LogP contribution >= 0.6 is 24.0 Å². The topological polar surface area (TPSA) is 87.4 Å². The van der Waals surface area contributed by atoms with Crippen LogP contribution in [0.5, 0.6) is 0 Å². The molecule has 0 bridgehead atoms. The number of hydrogen-bond acceptors (Lipinski definition) is 4. The number of aromatic nitrogens is 3. The molecule has 0 spiro atoms. The summed E-state index contributed by atoms with van der Waals surface area (Å²) >= 11 is 0. The van der Waals surface area contributed by atoms with Gasteiger partial charge in [0.05, 0.1) is 12.6 Å². The van der Waals surface area contributed by atoms with Crippen LogP contribution in [0.3, 0.4) is 0 Å². The van der Waals surface area contributed by atoms with Crippen LogP contribution in [0.15, 0.2) is 4.99 Å². The quantitative estimate of drug-likeness (QED) is 0.351. The van der Waals surface area contributed by atoms with E-state index in [1.54, 1.807) is 7.05 Å². The van der Waals surface area contributed by atoms with Gasteiger partial charge in [-0.15, -0.1) is 24.0 Å². The second kappa shape index (κ2) is 9.34. The molecule has 1 saturated carbocycles. The zero-order valence-electron chi connectivity index (χ0n) is 16.2. The monoisotopic (exact) mass is 476 g/mol. The van der Waals surface area contributed by atoms with Crippen LogP contribution in [0.25, 0.3) is 0 Å². The molecule has 1 aromatic heterocycles. The fourth-order valence-corrected chi connectivity index (χ4v) is 3.89. The Balaban J connectivity index is 0.00000243. The molecule has 3 unspecified atom stereocenters. The Hall–Kier alpha value is -0.900. The van der Waals surface area contributed by atoms with Gasteiger partial charge in [0.1, 0.15) is 5.82 Å². The van der Waals surface area contributed by atoms with Gasteiger partial charge in [-0.3, -0.25) is 4.99 Å². The molecule has 0 amide bonds. The lowest BCUT2D eigenvalue weighted by molar-refractivity contribution is 0.00394. The second-order valence-corrected chi connectivity index (χ2v) is 7.70. The van der Waals surface area contributed by atoms with E-state index < -0.39 is 0 Å². The zero-order valence-corrected chi connectivity index (χ0v) is 18.5. The lowest BCUT2D eigenvalue weighted by atomic mass is 9.73. The first kappa shape index (κ1) is 21.4. The van der Waals surface area contributed by atoms with Gasteiger partial charge in [-0.2, -0.15) is 5.10 Å². The van der Waals surface area contributed by atoms with Gasteiger partial charge < -0.3 is 15.7 Å². The molecule has 1 aliphatic heterocycles. The lowest BCUT2D eigenvalue weighted by Crippen LogP contribution is -2.51. The van der Waals surface area contributed by atoms with Gasteiger partial charge in [-0.05, 0) is 19.3 Å². The zero-order chi connectivity index (χ0) is 17.9. The minimum atomic E-state index is -0.230. The Labute approximate surface area is 173 Å². The molecule has 26 heavy (non-hydrogen) atoms. The second-order valence-electron chi connectivity index (χ2n) is 7.70. The highest BCUT2D eigenvalue weighted by Gasteiger charge is 2.35. The molecule has 1 fully saturated rings. The fourth-order valence-electron chi connectivity index (χ4n) is 3.89. The summed E-state index contributed by atoms with van der Waals surface area (Å²) in [6.45, 7) is 5.83. The van der Waals surface area contributed by atoms with E-state index in [1.807, 2.05) is 4.68 Å². The summed E-state index contributed by atoms with van der Waals surface area (Å²) in [5, 5.41) is 21.9. The summed E-state index contributed by atoms with van der Waals surface area (Å²) in [6.07, 6.45) is 6.91. The standard InChI is InChI=1S/C18H32N6O.HI/c1-4-15-22-16-9-8-13(11-24(16)23-15)21-17(19-3)20-12-18(2)10-6-5-7-14(18)25;/h13-14,25H,4-12H2,1-3H3,(H2,19,20,21);1H. The third-order valence-corrected chi connectivity index (χ3v) is 5.72. The summed E-state index contributed by atoms with van der Waals surface area (Å²) in [4.78, 5) is 8.94. The smallest absolute Gasteiger partial charge is 0.191 e. The number of halogens is 1. The number of aryl methyl sites for hydroxylation is 2. The van der Waals surface area contributed by atoms with Crippen molar-refractivity contribution in [1.29, 1.82) is 0 Å². The molecule has 3 atom stereocenters. The predicted octanol–water partition coefficient (Wildman–Crippen LogP) is 1.88. The Kier molecular flexibility index (Phi) is 7.69. The van der Waals surface area contributed by atoms with Crippen molar-refractivity contribution < 1.29 is 5.11 Å². The number of guanidine groups is 1. The van der Waals surface area contributed by atoms with E-state index in [0.717, 1.165) is 69.2 Å². The highest BCUT2D eigenvalue weighted by atomic mass is 127. The Morgan fingerprint density at radius 2 is 2.19 bits per heavy atom. The summed E-state index contributed by atoms with van der Waals surface area (Å²) < 4.78 is 2.03. The minimum absolute atomic E-state index is 0. The molecule has 3 rings (SSSR count). The molecular weight excluding hydrogens is 443 g/mol. The number of rotatable bonds is 4. The number of nitrogens with one attached hydrogen (secondary N) is 2. The highest BCUT2D eigenvalue weighted by Crippen LogP contribution is 2.35. The predicted molar refractivity (Wildman–Crippen MR) is 114 cm³/mol. The van der Waals surface area contributed by atoms with Crippen LogP contribution in [0.4, 0.5) is 0 Å².